The molecule has 1 N–H and O–H groups in total. The molecule has 1 aliphatic heterocycles. The molecule has 1 aliphatic carbocycles. The smallest absolute Gasteiger partial charge is 0.0300 e. The molecule has 94 valence electrons. The number of likely N-dealkylation sites (tertiary alicyclic amines) is 1. The zero-order valence-electron chi connectivity index (χ0n) is 10.4. The van der Waals surface area contributed by atoms with E-state index < -0.39 is 0 Å². The lowest BCUT2D eigenvalue weighted by Gasteiger charge is -2.16. The SMILES string of the molecule is c1csc(CNCCN2CC3CCCC3C2)c1. The molecule has 0 spiro atoms. The zero-order chi connectivity index (χ0) is 11.5. The third-order valence-electron chi connectivity index (χ3n) is 4.29. The summed E-state index contributed by atoms with van der Waals surface area (Å²) >= 11 is 1.84. The molecular weight excluding hydrogens is 228 g/mol. The Morgan fingerprint density at radius 3 is 2.82 bits per heavy atom. The van der Waals surface area contributed by atoms with E-state index in [-0.39, 0.29) is 0 Å². The molecule has 3 heteroatoms. The fourth-order valence-corrected chi connectivity index (χ4v) is 4.05. The van der Waals surface area contributed by atoms with E-state index in [0.717, 1.165) is 24.9 Å². The summed E-state index contributed by atoms with van der Waals surface area (Å²) in [6, 6.07) is 4.33. The van der Waals surface area contributed by atoms with Crippen LogP contribution < -0.4 is 5.32 Å². The molecule has 1 aromatic rings. The van der Waals surface area contributed by atoms with Gasteiger partial charge >= 0.3 is 0 Å². The van der Waals surface area contributed by atoms with Crippen molar-refractivity contribution in [1.82, 2.24) is 10.2 Å². The standard InChI is InChI=1S/C14H22N2S/c1-3-12-10-16(11-13(12)4-1)7-6-15-9-14-5-2-8-17-14/h2,5,8,12-13,15H,1,3-4,6-7,9-11H2. The average molecular weight is 250 g/mol. The molecule has 1 aromatic heterocycles. The first-order valence-electron chi connectivity index (χ1n) is 6.87. The predicted molar refractivity (Wildman–Crippen MR) is 73.3 cm³/mol. The first-order chi connectivity index (χ1) is 8.42. The summed E-state index contributed by atoms with van der Waals surface area (Å²) < 4.78 is 0. The fourth-order valence-electron chi connectivity index (χ4n) is 3.38. The van der Waals surface area contributed by atoms with Crippen molar-refractivity contribution in [2.75, 3.05) is 26.2 Å². The summed E-state index contributed by atoms with van der Waals surface area (Å²) in [5.74, 6) is 2.07. The molecule has 2 unspecified atom stereocenters. The van der Waals surface area contributed by atoms with Gasteiger partial charge in [-0.15, -0.1) is 11.3 Å². The molecule has 0 bridgehead atoms. The van der Waals surface area contributed by atoms with Crippen molar-refractivity contribution >= 4 is 11.3 Å². The van der Waals surface area contributed by atoms with Crippen molar-refractivity contribution in [3.05, 3.63) is 22.4 Å². The Morgan fingerprint density at radius 2 is 2.12 bits per heavy atom. The van der Waals surface area contributed by atoms with Crippen LogP contribution in [0.1, 0.15) is 24.1 Å². The minimum Gasteiger partial charge on any atom is -0.311 e. The van der Waals surface area contributed by atoms with Crippen molar-refractivity contribution in [2.45, 2.75) is 25.8 Å². The lowest BCUT2D eigenvalue weighted by atomic mass is 10.0. The summed E-state index contributed by atoms with van der Waals surface area (Å²) in [5, 5.41) is 5.70. The second-order valence-corrected chi connectivity index (χ2v) is 6.50. The molecule has 2 nitrogen and oxygen atoms in total. The Balaban J connectivity index is 1.33. The van der Waals surface area contributed by atoms with E-state index in [1.54, 1.807) is 0 Å². The van der Waals surface area contributed by atoms with Gasteiger partial charge in [-0.05, 0) is 36.1 Å². The molecule has 0 aromatic carbocycles. The molecular formula is C14H22N2S. The molecule has 2 heterocycles. The fraction of sp³-hybridized carbons (Fsp3) is 0.714. The summed E-state index contributed by atoms with van der Waals surface area (Å²) in [7, 11) is 0. The number of thiophene rings is 1. The minimum absolute atomic E-state index is 1.03. The summed E-state index contributed by atoms with van der Waals surface area (Å²) in [5.41, 5.74) is 0. The molecule has 2 fully saturated rings. The largest absolute Gasteiger partial charge is 0.311 e. The lowest BCUT2D eigenvalue weighted by molar-refractivity contribution is 0.309. The van der Waals surface area contributed by atoms with Crippen molar-refractivity contribution in [3.8, 4) is 0 Å². The number of hydrogen-bond acceptors (Lipinski definition) is 3. The molecule has 17 heavy (non-hydrogen) atoms. The van der Waals surface area contributed by atoms with Crippen LogP contribution in [0.4, 0.5) is 0 Å². The van der Waals surface area contributed by atoms with Crippen molar-refractivity contribution in [2.24, 2.45) is 11.8 Å². The average Bonchev–Trinajstić information content (AvgIpc) is 3.00. The van der Waals surface area contributed by atoms with Gasteiger partial charge in [0.25, 0.3) is 0 Å². The van der Waals surface area contributed by atoms with E-state index >= 15 is 0 Å². The van der Waals surface area contributed by atoms with E-state index in [1.165, 1.54) is 43.8 Å². The summed E-state index contributed by atoms with van der Waals surface area (Å²) in [4.78, 5) is 4.11. The summed E-state index contributed by atoms with van der Waals surface area (Å²) in [6.07, 6.45) is 4.47. The van der Waals surface area contributed by atoms with Crippen LogP contribution >= 0.6 is 11.3 Å². The highest BCUT2D eigenvalue weighted by atomic mass is 32.1. The van der Waals surface area contributed by atoms with E-state index in [2.05, 4.69) is 27.7 Å². The topological polar surface area (TPSA) is 15.3 Å². The quantitative estimate of drug-likeness (QED) is 0.808. The highest BCUT2D eigenvalue weighted by Gasteiger charge is 2.35. The molecule has 1 saturated carbocycles. The van der Waals surface area contributed by atoms with Crippen LogP contribution in [-0.4, -0.2) is 31.1 Å². The maximum Gasteiger partial charge on any atom is 0.0300 e. The van der Waals surface area contributed by atoms with Gasteiger partial charge in [-0.2, -0.15) is 0 Å². The van der Waals surface area contributed by atoms with Gasteiger partial charge < -0.3 is 10.2 Å². The van der Waals surface area contributed by atoms with Crippen LogP contribution in [-0.2, 0) is 6.54 Å². The Morgan fingerprint density at radius 1 is 1.29 bits per heavy atom. The maximum absolute atomic E-state index is 3.55. The molecule has 0 radical (unpaired) electrons. The first kappa shape index (κ1) is 11.7. The van der Waals surface area contributed by atoms with Crippen LogP contribution in [0.2, 0.25) is 0 Å². The normalized spacial score (nSPS) is 28.7. The van der Waals surface area contributed by atoms with Crippen molar-refractivity contribution < 1.29 is 0 Å². The van der Waals surface area contributed by atoms with Gasteiger partial charge in [-0.3, -0.25) is 0 Å². The minimum atomic E-state index is 1.03. The van der Waals surface area contributed by atoms with E-state index in [1.807, 2.05) is 11.3 Å². The Kier molecular flexibility index (Phi) is 3.79. The summed E-state index contributed by atoms with van der Waals surface area (Å²) in [6.45, 7) is 6.14. The van der Waals surface area contributed by atoms with Gasteiger partial charge in [-0.25, -0.2) is 0 Å². The van der Waals surface area contributed by atoms with E-state index in [4.69, 9.17) is 0 Å². The molecule has 0 amide bonds. The molecule has 2 aliphatic rings. The van der Waals surface area contributed by atoms with Crippen LogP contribution in [0.25, 0.3) is 0 Å². The van der Waals surface area contributed by atoms with Crippen molar-refractivity contribution in [1.29, 1.82) is 0 Å². The van der Waals surface area contributed by atoms with Gasteiger partial charge in [0.15, 0.2) is 0 Å². The Labute approximate surface area is 108 Å². The second-order valence-electron chi connectivity index (χ2n) is 5.47. The lowest BCUT2D eigenvalue weighted by Crippen LogP contribution is -2.30. The third-order valence-corrected chi connectivity index (χ3v) is 5.16. The highest BCUT2D eigenvalue weighted by molar-refractivity contribution is 7.09. The number of rotatable bonds is 5. The highest BCUT2D eigenvalue weighted by Crippen LogP contribution is 2.37. The van der Waals surface area contributed by atoms with Crippen LogP contribution in [0.15, 0.2) is 17.5 Å². The van der Waals surface area contributed by atoms with Gasteiger partial charge in [0.2, 0.25) is 0 Å². The van der Waals surface area contributed by atoms with Crippen molar-refractivity contribution in [3.63, 3.8) is 0 Å². The van der Waals surface area contributed by atoms with Crippen LogP contribution in [0.5, 0.6) is 0 Å². The van der Waals surface area contributed by atoms with E-state index in [9.17, 15) is 0 Å². The van der Waals surface area contributed by atoms with Gasteiger partial charge in [0, 0.05) is 37.6 Å². The Hall–Kier alpha value is -0.380. The van der Waals surface area contributed by atoms with Gasteiger partial charge in [0.05, 0.1) is 0 Å². The number of fused-ring (bicyclic) bond motifs is 1. The maximum atomic E-state index is 3.55. The predicted octanol–water partition coefficient (Wildman–Crippen LogP) is 2.57. The van der Waals surface area contributed by atoms with Crippen LogP contribution in [0.3, 0.4) is 0 Å². The molecule has 3 rings (SSSR count). The number of nitrogens with one attached hydrogen (secondary N) is 1. The second kappa shape index (κ2) is 5.51. The first-order valence-corrected chi connectivity index (χ1v) is 7.75. The van der Waals surface area contributed by atoms with Crippen LogP contribution in [0, 0.1) is 11.8 Å². The van der Waals surface area contributed by atoms with Gasteiger partial charge in [-0.1, -0.05) is 12.5 Å². The zero-order valence-corrected chi connectivity index (χ0v) is 11.2. The number of nitrogens with zero attached hydrogens (tertiary/aromatic N) is 1. The Bertz CT molecular complexity index is 324. The van der Waals surface area contributed by atoms with E-state index in [0.29, 0.717) is 0 Å². The molecule has 1 saturated heterocycles. The monoisotopic (exact) mass is 250 g/mol. The molecule has 2 atom stereocenters. The third kappa shape index (κ3) is 2.90. The number of hydrogen-bond donors (Lipinski definition) is 1. The van der Waals surface area contributed by atoms with Gasteiger partial charge in [0.1, 0.15) is 0 Å².